The van der Waals surface area contributed by atoms with Gasteiger partial charge in [-0.05, 0) is 37.8 Å². The number of aliphatic hydroxyl groups is 1. The van der Waals surface area contributed by atoms with Gasteiger partial charge in [0, 0.05) is 34.6 Å². The van der Waals surface area contributed by atoms with Gasteiger partial charge in [0.1, 0.15) is 5.01 Å². The smallest absolute Gasteiger partial charge is 0.124 e. The lowest BCUT2D eigenvalue weighted by atomic mass is 9.98. The van der Waals surface area contributed by atoms with E-state index in [0.29, 0.717) is 6.04 Å². The monoisotopic (exact) mass is 308 g/mol. The Bertz CT molecular complexity index is 536. The summed E-state index contributed by atoms with van der Waals surface area (Å²) >= 11 is 3.48. The van der Waals surface area contributed by atoms with Gasteiger partial charge >= 0.3 is 0 Å². The first-order chi connectivity index (χ1) is 9.74. The molecule has 0 spiro atoms. The Kier molecular flexibility index (Phi) is 4.51. The molecule has 2 aromatic rings. The minimum atomic E-state index is -0.250. The van der Waals surface area contributed by atoms with Crippen molar-refractivity contribution in [3.05, 3.63) is 27.9 Å². The molecule has 1 fully saturated rings. The molecule has 5 heteroatoms. The van der Waals surface area contributed by atoms with E-state index in [9.17, 15) is 5.11 Å². The van der Waals surface area contributed by atoms with Gasteiger partial charge < -0.3 is 5.11 Å². The van der Waals surface area contributed by atoms with E-state index in [1.807, 2.05) is 13.1 Å². The highest BCUT2D eigenvalue weighted by atomic mass is 32.1. The lowest BCUT2D eigenvalue weighted by Gasteiger charge is -2.37. The summed E-state index contributed by atoms with van der Waals surface area (Å²) in [6, 6.07) is 2.42. The van der Waals surface area contributed by atoms with Crippen molar-refractivity contribution >= 4 is 22.7 Å². The SMILES string of the molecule is CC(O)C1CCCCN1Cc1cnc(-c2ccsc2)s1. The first kappa shape index (κ1) is 14.2. The minimum absolute atomic E-state index is 0.250. The lowest BCUT2D eigenvalue weighted by molar-refractivity contribution is 0.0322. The van der Waals surface area contributed by atoms with Gasteiger partial charge in [-0.15, -0.1) is 11.3 Å². The van der Waals surface area contributed by atoms with Crippen molar-refractivity contribution in [1.82, 2.24) is 9.88 Å². The number of aromatic nitrogens is 1. The second-order valence-electron chi connectivity index (χ2n) is 5.42. The van der Waals surface area contributed by atoms with Crippen molar-refractivity contribution in [2.45, 2.75) is 44.9 Å². The Morgan fingerprint density at radius 2 is 2.40 bits per heavy atom. The molecule has 3 nitrogen and oxygen atoms in total. The second kappa shape index (κ2) is 6.35. The topological polar surface area (TPSA) is 36.4 Å². The maximum Gasteiger partial charge on any atom is 0.124 e. The summed E-state index contributed by atoms with van der Waals surface area (Å²) in [5.41, 5.74) is 1.22. The van der Waals surface area contributed by atoms with E-state index in [-0.39, 0.29) is 6.10 Å². The van der Waals surface area contributed by atoms with Crippen molar-refractivity contribution in [2.75, 3.05) is 6.54 Å². The highest BCUT2D eigenvalue weighted by Gasteiger charge is 2.26. The predicted molar refractivity (Wildman–Crippen MR) is 85.2 cm³/mol. The van der Waals surface area contributed by atoms with Crippen molar-refractivity contribution in [1.29, 1.82) is 0 Å². The van der Waals surface area contributed by atoms with Crippen LogP contribution in [0.25, 0.3) is 10.6 Å². The predicted octanol–water partition coefficient (Wildman–Crippen LogP) is 3.61. The molecule has 20 heavy (non-hydrogen) atoms. The molecular weight excluding hydrogens is 288 g/mol. The summed E-state index contributed by atoms with van der Waals surface area (Å²) in [5.74, 6) is 0. The molecule has 0 amide bonds. The van der Waals surface area contributed by atoms with Crippen LogP contribution in [0, 0.1) is 0 Å². The number of piperidine rings is 1. The largest absolute Gasteiger partial charge is 0.392 e. The molecule has 2 unspecified atom stereocenters. The first-order valence-corrected chi connectivity index (χ1v) is 8.89. The van der Waals surface area contributed by atoms with Crippen LogP contribution in [-0.2, 0) is 6.54 Å². The summed E-state index contributed by atoms with van der Waals surface area (Å²) in [4.78, 5) is 8.24. The molecule has 3 heterocycles. The van der Waals surface area contributed by atoms with Gasteiger partial charge in [-0.2, -0.15) is 11.3 Å². The second-order valence-corrected chi connectivity index (χ2v) is 7.31. The summed E-state index contributed by atoms with van der Waals surface area (Å²) in [6.45, 7) is 3.91. The molecule has 1 aliphatic rings. The van der Waals surface area contributed by atoms with Crippen molar-refractivity contribution < 1.29 is 5.11 Å². The Morgan fingerprint density at radius 1 is 1.50 bits per heavy atom. The van der Waals surface area contributed by atoms with Gasteiger partial charge in [0.2, 0.25) is 0 Å². The minimum Gasteiger partial charge on any atom is -0.392 e. The Labute approximate surface area is 127 Å². The summed E-state index contributed by atoms with van der Waals surface area (Å²) in [7, 11) is 0. The molecule has 3 rings (SSSR count). The van der Waals surface area contributed by atoms with Gasteiger partial charge in [-0.3, -0.25) is 4.90 Å². The van der Waals surface area contributed by atoms with Gasteiger partial charge in [-0.25, -0.2) is 4.98 Å². The van der Waals surface area contributed by atoms with Crippen LogP contribution in [0.3, 0.4) is 0 Å². The fraction of sp³-hybridized carbons (Fsp3) is 0.533. The normalized spacial score (nSPS) is 22.0. The third-order valence-corrected chi connectivity index (χ3v) is 5.62. The molecule has 2 atom stereocenters. The van der Waals surface area contributed by atoms with Gasteiger partial charge in [-0.1, -0.05) is 6.42 Å². The van der Waals surface area contributed by atoms with E-state index < -0.39 is 0 Å². The molecule has 0 aliphatic carbocycles. The summed E-state index contributed by atoms with van der Waals surface area (Å²) < 4.78 is 0. The summed E-state index contributed by atoms with van der Waals surface area (Å²) in [5, 5.41) is 15.3. The van der Waals surface area contributed by atoms with Crippen LogP contribution >= 0.6 is 22.7 Å². The third kappa shape index (κ3) is 3.11. The van der Waals surface area contributed by atoms with Crippen LogP contribution in [0.5, 0.6) is 0 Å². The van der Waals surface area contributed by atoms with Crippen LogP contribution in [0.15, 0.2) is 23.0 Å². The molecule has 1 N–H and O–H groups in total. The van der Waals surface area contributed by atoms with E-state index in [4.69, 9.17) is 0 Å². The molecule has 0 bridgehead atoms. The fourth-order valence-corrected chi connectivity index (χ4v) is 4.51. The number of hydrogen-bond donors (Lipinski definition) is 1. The molecule has 0 saturated carbocycles. The Morgan fingerprint density at radius 3 is 3.15 bits per heavy atom. The molecule has 108 valence electrons. The highest BCUT2D eigenvalue weighted by molar-refractivity contribution is 7.15. The van der Waals surface area contributed by atoms with Gasteiger partial charge in [0.15, 0.2) is 0 Å². The number of thiazole rings is 1. The Balaban J connectivity index is 1.71. The first-order valence-electron chi connectivity index (χ1n) is 7.13. The van der Waals surface area contributed by atoms with Crippen molar-refractivity contribution in [3.63, 3.8) is 0 Å². The molecule has 1 aliphatic heterocycles. The Hall–Kier alpha value is -0.750. The fourth-order valence-electron chi connectivity index (χ4n) is 2.86. The van der Waals surface area contributed by atoms with Crippen LogP contribution < -0.4 is 0 Å². The van der Waals surface area contributed by atoms with E-state index in [1.54, 1.807) is 22.7 Å². The molecule has 1 saturated heterocycles. The zero-order valence-corrected chi connectivity index (χ0v) is 13.3. The van der Waals surface area contributed by atoms with Crippen LogP contribution in [0.1, 0.15) is 31.1 Å². The number of nitrogens with zero attached hydrogens (tertiary/aromatic N) is 2. The van der Waals surface area contributed by atoms with E-state index in [1.165, 1.54) is 23.3 Å². The lowest BCUT2D eigenvalue weighted by Crippen LogP contribution is -2.45. The van der Waals surface area contributed by atoms with Gasteiger partial charge in [0.05, 0.1) is 6.10 Å². The van der Waals surface area contributed by atoms with Crippen molar-refractivity contribution in [2.24, 2.45) is 0 Å². The van der Waals surface area contributed by atoms with E-state index in [0.717, 1.165) is 24.5 Å². The zero-order chi connectivity index (χ0) is 13.9. The number of likely N-dealkylation sites (tertiary alicyclic amines) is 1. The van der Waals surface area contributed by atoms with Crippen LogP contribution in [0.4, 0.5) is 0 Å². The maximum absolute atomic E-state index is 9.93. The van der Waals surface area contributed by atoms with Crippen LogP contribution in [0.2, 0.25) is 0 Å². The molecule has 0 radical (unpaired) electrons. The third-order valence-electron chi connectivity index (χ3n) is 3.90. The van der Waals surface area contributed by atoms with E-state index >= 15 is 0 Å². The number of thiophene rings is 1. The average molecular weight is 308 g/mol. The number of rotatable bonds is 4. The molecule has 0 aromatic carbocycles. The maximum atomic E-state index is 9.93. The summed E-state index contributed by atoms with van der Waals surface area (Å²) in [6.07, 6.45) is 5.31. The number of aliphatic hydroxyl groups excluding tert-OH is 1. The highest BCUT2D eigenvalue weighted by Crippen LogP contribution is 2.29. The average Bonchev–Trinajstić information content (AvgIpc) is 3.09. The van der Waals surface area contributed by atoms with Crippen LogP contribution in [-0.4, -0.2) is 33.7 Å². The van der Waals surface area contributed by atoms with Gasteiger partial charge in [0.25, 0.3) is 0 Å². The molecule has 2 aromatic heterocycles. The number of hydrogen-bond acceptors (Lipinski definition) is 5. The van der Waals surface area contributed by atoms with E-state index in [2.05, 4.69) is 26.7 Å². The zero-order valence-electron chi connectivity index (χ0n) is 11.7. The quantitative estimate of drug-likeness (QED) is 0.937. The van der Waals surface area contributed by atoms with Crippen molar-refractivity contribution in [3.8, 4) is 10.6 Å². The molecular formula is C15H20N2OS2. The standard InChI is InChI=1S/C15H20N2OS2/c1-11(18)14-4-2-3-6-17(14)9-13-8-16-15(20-13)12-5-7-19-10-12/h5,7-8,10-11,14,18H,2-4,6,9H2,1H3.